The van der Waals surface area contributed by atoms with Crippen molar-refractivity contribution in [3.63, 3.8) is 0 Å². The van der Waals surface area contributed by atoms with Gasteiger partial charge in [0.15, 0.2) is 22.6 Å². The zero-order valence-corrected chi connectivity index (χ0v) is 21.9. The number of anilines is 1. The minimum atomic E-state index is -1.20. The zero-order chi connectivity index (χ0) is 24.3. The van der Waals surface area contributed by atoms with Crippen molar-refractivity contribution in [3.05, 3.63) is 47.2 Å². The van der Waals surface area contributed by atoms with Gasteiger partial charge in [-0.3, -0.25) is 4.99 Å². The van der Waals surface area contributed by atoms with Gasteiger partial charge >= 0.3 is 0 Å². The number of nitrogens with one attached hydrogen (secondary N) is 1. The number of thioether (sulfide) groups is 1. The predicted octanol–water partition coefficient (Wildman–Crippen LogP) is 6.98. The van der Waals surface area contributed by atoms with Crippen LogP contribution < -0.4 is 10.1 Å². The molecule has 3 aromatic rings. The Labute approximate surface area is 207 Å². The third kappa shape index (κ3) is 6.10. The SMILES string of the molecule is C[Si](C)(C)CCOCn1cc(Cl)c2c(Oc3c(F)cc(NC4=NCCCS4)cc3F)ccnc21. The summed E-state index contributed by atoms with van der Waals surface area (Å²) < 4.78 is 42.9. The summed E-state index contributed by atoms with van der Waals surface area (Å²) in [6.45, 7) is 8.47. The van der Waals surface area contributed by atoms with Gasteiger partial charge in [0.05, 0.1) is 10.4 Å². The molecule has 6 nitrogen and oxygen atoms in total. The fourth-order valence-electron chi connectivity index (χ4n) is 3.36. The van der Waals surface area contributed by atoms with E-state index in [0.29, 0.717) is 34.4 Å². The molecule has 0 unspecified atom stereocenters. The van der Waals surface area contributed by atoms with Gasteiger partial charge in [0, 0.05) is 57.2 Å². The van der Waals surface area contributed by atoms with Crippen LogP contribution in [0.15, 0.2) is 35.6 Å². The molecule has 3 heterocycles. The highest BCUT2D eigenvalue weighted by Crippen LogP contribution is 2.37. The Balaban J connectivity index is 1.54. The van der Waals surface area contributed by atoms with Gasteiger partial charge in [-0.05, 0) is 18.5 Å². The molecule has 0 amide bonds. The Morgan fingerprint density at radius 3 is 2.68 bits per heavy atom. The largest absolute Gasteiger partial charge is 0.450 e. The van der Waals surface area contributed by atoms with Crippen molar-refractivity contribution in [2.24, 2.45) is 4.99 Å². The van der Waals surface area contributed by atoms with E-state index >= 15 is 0 Å². The van der Waals surface area contributed by atoms with Gasteiger partial charge in [-0.1, -0.05) is 43.0 Å². The van der Waals surface area contributed by atoms with Gasteiger partial charge in [-0.25, -0.2) is 13.8 Å². The molecule has 182 valence electrons. The lowest BCUT2D eigenvalue weighted by Gasteiger charge is -2.16. The van der Waals surface area contributed by atoms with Gasteiger partial charge in [0.1, 0.15) is 18.1 Å². The van der Waals surface area contributed by atoms with Crippen molar-refractivity contribution in [2.75, 3.05) is 24.2 Å². The fraction of sp³-hybridized carbons (Fsp3) is 0.391. The molecule has 4 rings (SSSR count). The molecule has 1 N–H and O–H groups in total. The van der Waals surface area contributed by atoms with E-state index in [0.717, 1.165) is 18.2 Å². The molecular weight excluding hydrogens is 498 g/mol. The van der Waals surface area contributed by atoms with E-state index in [1.54, 1.807) is 10.8 Å². The average molecular weight is 525 g/mol. The standard InChI is InChI=1S/C23H27ClF2N4O2SSi/c1-34(2,3)10-8-31-14-30-13-16(24)20-19(5-7-27-22(20)30)32-21-17(25)11-15(12-18(21)26)29-23-28-6-4-9-33-23/h5,7,11-13H,4,6,8-10,14H2,1-3H3,(H,28,29). The smallest absolute Gasteiger partial charge is 0.198 e. The van der Waals surface area contributed by atoms with Gasteiger partial charge in [-0.15, -0.1) is 0 Å². The van der Waals surface area contributed by atoms with Crippen molar-refractivity contribution in [2.45, 2.75) is 38.8 Å². The average Bonchev–Trinajstić information content (AvgIpc) is 3.10. The number of fused-ring (bicyclic) bond motifs is 1. The molecule has 11 heteroatoms. The maximum Gasteiger partial charge on any atom is 0.198 e. The van der Waals surface area contributed by atoms with E-state index in [2.05, 4.69) is 34.9 Å². The van der Waals surface area contributed by atoms with Crippen LogP contribution in [0.25, 0.3) is 11.0 Å². The Bertz CT molecular complexity index is 1190. The number of rotatable bonds is 8. The molecule has 0 atom stereocenters. The lowest BCUT2D eigenvalue weighted by atomic mass is 10.2. The number of benzene rings is 1. The number of aliphatic imine (C=N–C) groups is 1. The van der Waals surface area contributed by atoms with Gasteiger partial charge in [0.2, 0.25) is 0 Å². The third-order valence-electron chi connectivity index (χ3n) is 5.16. The molecule has 0 bridgehead atoms. The first-order chi connectivity index (χ1) is 16.2. The molecule has 1 aliphatic rings. The minimum Gasteiger partial charge on any atom is -0.450 e. The van der Waals surface area contributed by atoms with Crippen molar-refractivity contribution in [1.82, 2.24) is 9.55 Å². The molecule has 0 saturated carbocycles. The summed E-state index contributed by atoms with van der Waals surface area (Å²) in [5.41, 5.74) is 0.789. The summed E-state index contributed by atoms with van der Waals surface area (Å²) in [6, 6.07) is 4.95. The number of hydrogen-bond donors (Lipinski definition) is 1. The summed E-state index contributed by atoms with van der Waals surface area (Å²) >= 11 is 7.97. The quantitative estimate of drug-likeness (QED) is 0.254. The lowest BCUT2D eigenvalue weighted by Crippen LogP contribution is -2.22. The van der Waals surface area contributed by atoms with Crippen LogP contribution in [0, 0.1) is 11.6 Å². The first-order valence-electron chi connectivity index (χ1n) is 11.0. The Hall–Kier alpha value is -2.14. The molecule has 0 radical (unpaired) electrons. The Morgan fingerprint density at radius 1 is 1.24 bits per heavy atom. The molecule has 1 aliphatic heterocycles. The first kappa shape index (κ1) is 25.0. The van der Waals surface area contributed by atoms with Crippen molar-refractivity contribution in [3.8, 4) is 11.5 Å². The lowest BCUT2D eigenvalue weighted by molar-refractivity contribution is 0.0899. The van der Waals surface area contributed by atoms with E-state index in [4.69, 9.17) is 21.1 Å². The van der Waals surface area contributed by atoms with E-state index in [-0.39, 0.29) is 18.2 Å². The number of halogens is 3. The molecule has 0 aliphatic carbocycles. The molecule has 0 fully saturated rings. The summed E-state index contributed by atoms with van der Waals surface area (Å²) in [6.07, 6.45) is 4.18. The summed E-state index contributed by atoms with van der Waals surface area (Å²) in [4.78, 5) is 8.69. The van der Waals surface area contributed by atoms with E-state index in [1.807, 2.05) is 0 Å². The monoisotopic (exact) mass is 524 g/mol. The van der Waals surface area contributed by atoms with E-state index in [9.17, 15) is 8.78 Å². The highest BCUT2D eigenvalue weighted by Gasteiger charge is 2.20. The van der Waals surface area contributed by atoms with Crippen LogP contribution >= 0.6 is 23.4 Å². The van der Waals surface area contributed by atoms with Crippen LogP contribution in [0.1, 0.15) is 6.42 Å². The number of amidine groups is 1. The Morgan fingerprint density at radius 2 is 2.00 bits per heavy atom. The molecule has 0 saturated heterocycles. The second-order valence-corrected chi connectivity index (χ2v) is 16.3. The third-order valence-corrected chi connectivity index (χ3v) is 8.15. The van der Waals surface area contributed by atoms with Crippen molar-refractivity contribution >= 4 is 53.3 Å². The number of hydrogen-bond acceptors (Lipinski definition) is 6. The van der Waals surface area contributed by atoms with Crippen molar-refractivity contribution in [1.29, 1.82) is 0 Å². The molecule has 1 aromatic carbocycles. The fourth-order valence-corrected chi connectivity index (χ4v) is 5.25. The zero-order valence-electron chi connectivity index (χ0n) is 19.3. The van der Waals surface area contributed by atoms with Crippen LogP contribution in [-0.4, -0.2) is 41.7 Å². The van der Waals surface area contributed by atoms with Crippen LogP contribution in [-0.2, 0) is 11.5 Å². The summed E-state index contributed by atoms with van der Waals surface area (Å²) in [5, 5.41) is 4.43. The first-order valence-corrected chi connectivity index (χ1v) is 16.1. The second kappa shape index (κ2) is 10.6. The minimum absolute atomic E-state index is 0.210. The van der Waals surface area contributed by atoms with Gasteiger partial charge in [0.25, 0.3) is 0 Å². The van der Waals surface area contributed by atoms with E-state index in [1.165, 1.54) is 36.2 Å². The number of ether oxygens (including phenoxy) is 2. The van der Waals surface area contributed by atoms with Crippen LogP contribution in [0.2, 0.25) is 30.7 Å². The van der Waals surface area contributed by atoms with Gasteiger partial charge < -0.3 is 19.4 Å². The second-order valence-electron chi connectivity index (χ2n) is 9.19. The molecule has 2 aromatic heterocycles. The molecule has 0 spiro atoms. The maximum absolute atomic E-state index is 14.8. The number of aromatic nitrogens is 2. The normalized spacial score (nSPS) is 14.4. The maximum atomic E-state index is 14.8. The van der Waals surface area contributed by atoms with Gasteiger partial charge in [-0.2, -0.15) is 0 Å². The van der Waals surface area contributed by atoms with Crippen LogP contribution in [0.3, 0.4) is 0 Å². The Kier molecular flexibility index (Phi) is 7.81. The van der Waals surface area contributed by atoms with Crippen LogP contribution in [0.4, 0.5) is 14.5 Å². The highest BCUT2D eigenvalue weighted by atomic mass is 35.5. The summed E-state index contributed by atoms with van der Waals surface area (Å²) in [7, 11) is -1.20. The topological polar surface area (TPSA) is 60.7 Å². The molecule has 34 heavy (non-hydrogen) atoms. The highest BCUT2D eigenvalue weighted by molar-refractivity contribution is 8.14. The van der Waals surface area contributed by atoms with E-state index < -0.39 is 25.5 Å². The number of nitrogens with zero attached hydrogens (tertiary/aromatic N) is 3. The van der Waals surface area contributed by atoms with Crippen LogP contribution in [0.5, 0.6) is 11.5 Å². The summed E-state index contributed by atoms with van der Waals surface area (Å²) in [5.74, 6) is -1.05. The van der Waals surface area contributed by atoms with Crippen molar-refractivity contribution < 1.29 is 18.3 Å². The number of pyridine rings is 1. The molecular formula is C23H27ClF2N4O2SSi. The predicted molar refractivity (Wildman–Crippen MR) is 138 cm³/mol.